The summed E-state index contributed by atoms with van der Waals surface area (Å²) in [6.45, 7) is 4.01. The third kappa shape index (κ3) is 6.73. The number of benzene rings is 2. The summed E-state index contributed by atoms with van der Waals surface area (Å²) < 4.78 is 44.1. The van der Waals surface area contributed by atoms with Gasteiger partial charge >= 0.3 is 18.1 Å². The van der Waals surface area contributed by atoms with Crippen LogP contribution in [0.15, 0.2) is 48.7 Å². The van der Waals surface area contributed by atoms with Crippen LogP contribution in [0, 0.1) is 0 Å². The van der Waals surface area contributed by atoms with E-state index in [0.29, 0.717) is 18.8 Å². The highest BCUT2D eigenvalue weighted by atomic mass is 19.4. The summed E-state index contributed by atoms with van der Waals surface area (Å²) in [6, 6.07) is 13.5. The zero-order valence-electron chi connectivity index (χ0n) is 23.1. The van der Waals surface area contributed by atoms with Crippen LogP contribution in [0.3, 0.4) is 0 Å². The molecule has 0 bridgehead atoms. The number of nitrogens with zero attached hydrogens (tertiary/aromatic N) is 3. The van der Waals surface area contributed by atoms with Gasteiger partial charge in [-0.05, 0) is 67.6 Å². The summed E-state index contributed by atoms with van der Waals surface area (Å²) in [4.78, 5) is 37.0. The standard InChI is InChI=1S/C27H30N4O4.C2HF3O2/c1-3-35-27(33)25-22(16-29-31(25)17-18-9-11-19(34-2)12-10-18)20-6-4-8-24-21(20)13-15-30(24)26(32)23-7-5-14-28-23;3-2(4,5)1(6)7/h4,6,8-12,16,23,28H,3,5,7,13-15,17H2,1-2H3;(H,6,7)/t23-;/m0./s1. The number of nitrogens with one attached hydrogen (secondary N) is 1. The molecule has 0 radical (unpaired) electrons. The van der Waals surface area contributed by atoms with Crippen molar-refractivity contribution < 1.29 is 42.1 Å². The fraction of sp³-hybridized carbons (Fsp3) is 0.379. The summed E-state index contributed by atoms with van der Waals surface area (Å²) >= 11 is 0. The molecule has 224 valence electrons. The van der Waals surface area contributed by atoms with Crippen molar-refractivity contribution in [3.8, 4) is 16.9 Å². The second-order valence-electron chi connectivity index (χ2n) is 9.63. The highest BCUT2D eigenvalue weighted by molar-refractivity contribution is 6.02. The maximum Gasteiger partial charge on any atom is 0.490 e. The minimum Gasteiger partial charge on any atom is -0.497 e. The number of hydrogen-bond acceptors (Lipinski definition) is 7. The molecule has 1 saturated heterocycles. The van der Waals surface area contributed by atoms with Crippen molar-refractivity contribution in [3.63, 3.8) is 0 Å². The molecule has 13 heteroatoms. The van der Waals surface area contributed by atoms with Gasteiger partial charge < -0.3 is 24.8 Å². The van der Waals surface area contributed by atoms with Gasteiger partial charge in [0, 0.05) is 17.8 Å². The molecule has 0 unspecified atom stereocenters. The zero-order chi connectivity index (χ0) is 30.4. The van der Waals surface area contributed by atoms with Crippen LogP contribution in [0.5, 0.6) is 5.75 Å². The molecule has 5 rings (SSSR count). The third-order valence-corrected chi connectivity index (χ3v) is 6.98. The van der Waals surface area contributed by atoms with E-state index in [1.807, 2.05) is 47.4 Å². The molecule has 2 N–H and O–H groups in total. The number of anilines is 1. The molecule has 2 aliphatic rings. The monoisotopic (exact) mass is 588 g/mol. The number of aliphatic carboxylic acids is 1. The molecule has 1 aromatic heterocycles. The lowest BCUT2D eigenvalue weighted by Crippen LogP contribution is -2.42. The Morgan fingerprint density at radius 2 is 1.83 bits per heavy atom. The highest BCUT2D eigenvalue weighted by Gasteiger charge is 2.38. The van der Waals surface area contributed by atoms with Crippen LogP contribution in [0.2, 0.25) is 0 Å². The molecule has 0 aliphatic carbocycles. The van der Waals surface area contributed by atoms with Gasteiger partial charge in [0.05, 0.1) is 32.5 Å². The van der Waals surface area contributed by atoms with E-state index in [0.717, 1.165) is 59.5 Å². The molecule has 2 aromatic carbocycles. The van der Waals surface area contributed by atoms with Crippen LogP contribution in [0.1, 0.15) is 41.4 Å². The van der Waals surface area contributed by atoms with E-state index in [1.165, 1.54) is 0 Å². The normalized spacial score (nSPS) is 15.9. The SMILES string of the molecule is CCOC(=O)c1c(-c2cccc3c2CCN3C(=O)[C@@H]2CCCN2)cnn1Cc1ccc(OC)cc1.O=C(O)C(F)(F)F. The quantitative estimate of drug-likeness (QED) is 0.397. The molecule has 2 aliphatic heterocycles. The Labute approximate surface area is 240 Å². The number of carboxylic acids is 1. The van der Waals surface area contributed by atoms with Crippen molar-refractivity contribution in [3.05, 3.63) is 65.5 Å². The highest BCUT2D eigenvalue weighted by Crippen LogP contribution is 2.38. The van der Waals surface area contributed by atoms with Gasteiger partial charge in [-0.1, -0.05) is 24.3 Å². The van der Waals surface area contributed by atoms with Gasteiger partial charge in [-0.2, -0.15) is 18.3 Å². The third-order valence-electron chi connectivity index (χ3n) is 6.98. The van der Waals surface area contributed by atoms with Crippen LogP contribution >= 0.6 is 0 Å². The minimum absolute atomic E-state index is 0.119. The van der Waals surface area contributed by atoms with Gasteiger partial charge in [0.25, 0.3) is 0 Å². The molecular weight excluding hydrogens is 557 g/mol. The minimum atomic E-state index is -5.08. The average molecular weight is 589 g/mol. The van der Waals surface area contributed by atoms with Crippen molar-refractivity contribution in [2.45, 2.75) is 44.9 Å². The molecule has 1 amide bonds. The van der Waals surface area contributed by atoms with Crippen molar-refractivity contribution in [2.75, 3.05) is 31.7 Å². The van der Waals surface area contributed by atoms with Gasteiger partial charge in [-0.25, -0.2) is 9.59 Å². The van der Waals surface area contributed by atoms with Gasteiger partial charge in [0.15, 0.2) is 5.69 Å². The number of carbonyl (C=O) groups excluding carboxylic acids is 2. The number of rotatable bonds is 7. The topological polar surface area (TPSA) is 123 Å². The molecule has 3 aromatic rings. The van der Waals surface area contributed by atoms with E-state index in [-0.39, 0.29) is 18.6 Å². The molecule has 3 heterocycles. The number of fused-ring (bicyclic) bond motifs is 1. The number of methoxy groups -OCH3 is 1. The van der Waals surface area contributed by atoms with E-state index in [1.54, 1.807) is 24.9 Å². The number of hydrogen-bond donors (Lipinski definition) is 2. The fourth-order valence-corrected chi connectivity index (χ4v) is 5.02. The number of alkyl halides is 3. The lowest BCUT2D eigenvalue weighted by molar-refractivity contribution is -0.192. The van der Waals surface area contributed by atoms with Gasteiger partial charge in [0.2, 0.25) is 5.91 Å². The van der Waals surface area contributed by atoms with E-state index in [2.05, 4.69) is 10.4 Å². The van der Waals surface area contributed by atoms with Gasteiger partial charge in [-0.15, -0.1) is 0 Å². The molecule has 10 nitrogen and oxygen atoms in total. The van der Waals surface area contributed by atoms with Gasteiger partial charge in [-0.3, -0.25) is 9.48 Å². The number of amides is 1. The van der Waals surface area contributed by atoms with Crippen molar-refractivity contribution in [1.82, 2.24) is 15.1 Å². The number of ether oxygens (including phenoxy) is 2. The molecular formula is C29H31F3N4O6. The van der Waals surface area contributed by atoms with Crippen LogP contribution in [0.4, 0.5) is 18.9 Å². The lowest BCUT2D eigenvalue weighted by atomic mass is 9.98. The van der Waals surface area contributed by atoms with E-state index >= 15 is 0 Å². The van der Waals surface area contributed by atoms with Crippen molar-refractivity contribution >= 4 is 23.5 Å². The summed E-state index contributed by atoms with van der Waals surface area (Å²) in [7, 11) is 1.63. The van der Waals surface area contributed by atoms with E-state index in [9.17, 15) is 22.8 Å². The molecule has 42 heavy (non-hydrogen) atoms. The number of esters is 1. The van der Waals surface area contributed by atoms with Crippen LogP contribution in [-0.4, -0.2) is 71.8 Å². The fourth-order valence-electron chi connectivity index (χ4n) is 5.02. The first-order valence-electron chi connectivity index (χ1n) is 13.4. The number of carbonyl (C=O) groups is 3. The Morgan fingerprint density at radius 3 is 2.43 bits per heavy atom. The first-order valence-corrected chi connectivity index (χ1v) is 13.4. The van der Waals surface area contributed by atoms with Crippen molar-refractivity contribution in [2.24, 2.45) is 0 Å². The maximum absolute atomic E-state index is 13.1. The molecule has 1 atom stereocenters. The summed E-state index contributed by atoms with van der Waals surface area (Å²) in [5, 5.41) is 15.0. The molecule has 0 spiro atoms. The van der Waals surface area contributed by atoms with Crippen molar-refractivity contribution in [1.29, 1.82) is 0 Å². The second-order valence-corrected chi connectivity index (χ2v) is 9.63. The maximum atomic E-state index is 13.1. The Bertz CT molecular complexity index is 1430. The van der Waals surface area contributed by atoms with Crippen LogP contribution < -0.4 is 15.0 Å². The van der Waals surface area contributed by atoms with E-state index in [4.69, 9.17) is 19.4 Å². The number of halogens is 3. The first-order chi connectivity index (χ1) is 20.0. The average Bonchev–Trinajstić information content (AvgIpc) is 3.73. The predicted molar refractivity (Wildman–Crippen MR) is 146 cm³/mol. The number of aromatic nitrogens is 2. The summed E-state index contributed by atoms with van der Waals surface area (Å²) in [5.74, 6) is -2.27. The van der Waals surface area contributed by atoms with Gasteiger partial charge in [0.1, 0.15) is 5.75 Å². The van der Waals surface area contributed by atoms with Crippen LogP contribution in [0.25, 0.3) is 11.1 Å². The first kappa shape index (κ1) is 30.6. The largest absolute Gasteiger partial charge is 0.497 e. The Kier molecular flexibility index (Phi) is 9.51. The summed E-state index contributed by atoms with van der Waals surface area (Å²) in [5.41, 5.74) is 5.03. The molecule has 0 saturated carbocycles. The Hall–Kier alpha value is -4.39. The Balaban J connectivity index is 0.000000517. The molecule has 1 fully saturated rings. The Morgan fingerprint density at radius 1 is 1.12 bits per heavy atom. The number of carboxylic acid groups (broad SMARTS) is 1. The van der Waals surface area contributed by atoms with E-state index < -0.39 is 18.1 Å². The zero-order valence-corrected chi connectivity index (χ0v) is 23.1. The second kappa shape index (κ2) is 13.1. The summed E-state index contributed by atoms with van der Waals surface area (Å²) in [6.07, 6.45) is -0.729. The predicted octanol–water partition coefficient (Wildman–Crippen LogP) is 4.06. The van der Waals surface area contributed by atoms with Crippen LogP contribution in [-0.2, 0) is 27.3 Å². The smallest absolute Gasteiger partial charge is 0.490 e. The lowest BCUT2D eigenvalue weighted by Gasteiger charge is -2.21.